The minimum Gasteiger partial charge on any atom is -0.489 e. The lowest BCUT2D eigenvalue weighted by Gasteiger charge is -2.15. The van der Waals surface area contributed by atoms with E-state index < -0.39 is 0 Å². The highest BCUT2D eigenvalue weighted by molar-refractivity contribution is 6.35. The molecular weight excluding hydrogens is 463 g/mol. The summed E-state index contributed by atoms with van der Waals surface area (Å²) >= 11 is 12.3. The largest absolute Gasteiger partial charge is 0.489 e. The van der Waals surface area contributed by atoms with Gasteiger partial charge in [-0.05, 0) is 30.7 Å². The molecule has 10 heteroatoms. The zero-order valence-electron chi connectivity index (χ0n) is 17.4. The van der Waals surface area contributed by atoms with Crippen molar-refractivity contribution in [2.24, 2.45) is 0 Å². The molecule has 1 aliphatic rings. The fourth-order valence-corrected chi connectivity index (χ4v) is 3.85. The number of hydrogen-bond donors (Lipinski definition) is 3. The number of nitrogens with zero attached hydrogens (tertiary/aromatic N) is 3. The van der Waals surface area contributed by atoms with Gasteiger partial charge in [0.2, 0.25) is 0 Å². The summed E-state index contributed by atoms with van der Waals surface area (Å²) in [7, 11) is 0. The van der Waals surface area contributed by atoms with Gasteiger partial charge in [-0.1, -0.05) is 23.2 Å². The predicted molar refractivity (Wildman–Crippen MR) is 127 cm³/mol. The molecule has 8 nitrogen and oxygen atoms in total. The molecule has 4 N–H and O–H groups in total. The summed E-state index contributed by atoms with van der Waals surface area (Å²) < 4.78 is 11.2. The number of pyridine rings is 2. The zero-order chi connectivity index (χ0) is 23.4. The van der Waals surface area contributed by atoms with Crippen LogP contribution in [-0.2, 0) is 11.3 Å². The third-order valence-electron chi connectivity index (χ3n) is 5.20. The Kier molecular flexibility index (Phi) is 6.94. The Morgan fingerprint density at radius 3 is 2.76 bits per heavy atom. The fraction of sp³-hybridized carbons (Fsp3) is 0.217. The van der Waals surface area contributed by atoms with E-state index in [2.05, 4.69) is 21.4 Å². The van der Waals surface area contributed by atoms with Crippen molar-refractivity contribution in [2.75, 3.05) is 24.3 Å². The van der Waals surface area contributed by atoms with Crippen LogP contribution in [0.3, 0.4) is 0 Å². The Morgan fingerprint density at radius 2 is 2.06 bits per heavy atom. The lowest BCUT2D eigenvalue weighted by atomic mass is 10.0. The molecule has 1 aromatic carbocycles. The first-order valence-electron chi connectivity index (χ1n) is 10.1. The second kappa shape index (κ2) is 10.0. The van der Waals surface area contributed by atoms with Crippen LogP contribution in [0.2, 0.25) is 10.0 Å². The van der Waals surface area contributed by atoms with Gasteiger partial charge >= 0.3 is 0 Å². The maximum atomic E-state index is 9.59. The topological polar surface area (TPSA) is 130 Å². The third kappa shape index (κ3) is 5.17. The summed E-state index contributed by atoms with van der Waals surface area (Å²) in [6.07, 6.45) is 5.39. The van der Waals surface area contributed by atoms with Crippen LogP contribution in [0.5, 0.6) is 5.75 Å². The van der Waals surface area contributed by atoms with E-state index in [1.807, 2.05) is 0 Å². The van der Waals surface area contributed by atoms with Crippen LogP contribution in [0.4, 0.5) is 11.5 Å². The molecule has 33 heavy (non-hydrogen) atoms. The van der Waals surface area contributed by atoms with E-state index in [1.165, 1.54) is 12.4 Å². The molecule has 1 atom stereocenters. The molecule has 0 amide bonds. The summed E-state index contributed by atoms with van der Waals surface area (Å²) in [6, 6.07) is 8.89. The molecular formula is C23H20Cl2N6O2. The molecule has 1 saturated heterocycles. The van der Waals surface area contributed by atoms with E-state index in [0.717, 1.165) is 6.42 Å². The van der Waals surface area contributed by atoms with Crippen molar-refractivity contribution in [2.45, 2.75) is 19.1 Å². The van der Waals surface area contributed by atoms with Crippen LogP contribution in [0.1, 0.15) is 28.7 Å². The van der Waals surface area contributed by atoms with Crippen molar-refractivity contribution in [3.05, 3.63) is 75.2 Å². The minimum absolute atomic E-state index is 0.113. The van der Waals surface area contributed by atoms with Gasteiger partial charge in [0, 0.05) is 47.6 Å². The Morgan fingerprint density at radius 1 is 1.27 bits per heavy atom. The number of hydrogen-bond acceptors (Lipinski definition) is 8. The van der Waals surface area contributed by atoms with Crippen molar-refractivity contribution in [1.82, 2.24) is 9.97 Å². The Bertz CT molecular complexity index is 1220. The van der Waals surface area contributed by atoms with Gasteiger partial charge in [0.15, 0.2) is 0 Å². The van der Waals surface area contributed by atoms with Gasteiger partial charge in [0.1, 0.15) is 24.2 Å². The maximum Gasteiger partial charge on any atom is 0.144 e. The first kappa shape index (κ1) is 22.8. The lowest BCUT2D eigenvalue weighted by molar-refractivity contribution is 0.195. The number of aromatic nitrogens is 2. The summed E-state index contributed by atoms with van der Waals surface area (Å²) in [5.74, 6) is 0.960. The van der Waals surface area contributed by atoms with E-state index in [4.69, 9.17) is 43.8 Å². The van der Waals surface area contributed by atoms with E-state index >= 15 is 0 Å². The number of benzene rings is 1. The lowest BCUT2D eigenvalue weighted by Crippen LogP contribution is -2.20. The first-order chi connectivity index (χ1) is 16.0. The molecule has 3 heterocycles. The van der Waals surface area contributed by atoms with E-state index in [0.29, 0.717) is 62.8 Å². The first-order valence-corrected chi connectivity index (χ1v) is 10.9. The number of nitrogen functional groups attached to an aromatic ring is 1. The average molecular weight is 483 g/mol. The van der Waals surface area contributed by atoms with Gasteiger partial charge in [-0.3, -0.25) is 10.4 Å². The molecule has 0 bridgehead atoms. The van der Waals surface area contributed by atoms with Crippen molar-refractivity contribution < 1.29 is 9.47 Å². The monoisotopic (exact) mass is 482 g/mol. The van der Waals surface area contributed by atoms with Gasteiger partial charge in [-0.25, -0.2) is 4.98 Å². The van der Waals surface area contributed by atoms with E-state index in [9.17, 15) is 5.26 Å². The van der Waals surface area contributed by atoms with Gasteiger partial charge < -0.3 is 20.5 Å². The van der Waals surface area contributed by atoms with Crippen molar-refractivity contribution in [1.29, 1.82) is 10.7 Å². The second-order valence-corrected chi connectivity index (χ2v) is 8.25. The van der Waals surface area contributed by atoms with Gasteiger partial charge in [-0.2, -0.15) is 5.26 Å². The second-order valence-electron chi connectivity index (χ2n) is 7.43. The molecule has 0 radical (unpaired) electrons. The van der Waals surface area contributed by atoms with Crippen LogP contribution in [0, 0.1) is 16.7 Å². The summed E-state index contributed by atoms with van der Waals surface area (Å²) in [4.78, 5) is 8.30. The molecule has 4 rings (SSSR count). The number of rotatable bonds is 7. The highest BCUT2D eigenvalue weighted by atomic mass is 35.5. The smallest absolute Gasteiger partial charge is 0.144 e. The molecule has 168 valence electrons. The standard InChI is InChI=1S/C23H20Cl2N6O2/c24-19-9-29-10-20(25)18(19)12-33-16-1-2-21(27)17(6-16)22(28)14-5-13(7-26)23(30-8-14)31-15-3-4-32-11-15/h1-2,5-6,8-10,15,28H,3-4,11-12,27H2,(H,30,31). The Hall–Kier alpha value is -3.38. The van der Waals surface area contributed by atoms with Crippen LogP contribution in [0.25, 0.3) is 0 Å². The van der Waals surface area contributed by atoms with Crippen LogP contribution >= 0.6 is 23.2 Å². The fourth-order valence-electron chi connectivity index (χ4n) is 3.37. The molecule has 1 fully saturated rings. The molecule has 1 unspecified atom stereocenters. The number of anilines is 2. The van der Waals surface area contributed by atoms with Gasteiger partial charge in [-0.15, -0.1) is 0 Å². The van der Waals surface area contributed by atoms with E-state index in [-0.39, 0.29) is 18.4 Å². The Balaban J connectivity index is 1.54. The van der Waals surface area contributed by atoms with Crippen molar-refractivity contribution in [3.63, 3.8) is 0 Å². The van der Waals surface area contributed by atoms with Crippen molar-refractivity contribution >= 4 is 40.4 Å². The van der Waals surface area contributed by atoms with Crippen molar-refractivity contribution in [3.8, 4) is 11.8 Å². The molecule has 0 spiro atoms. The summed E-state index contributed by atoms with van der Waals surface area (Å²) in [5, 5.41) is 22.3. The molecule has 2 aromatic heterocycles. The van der Waals surface area contributed by atoms with E-state index in [1.54, 1.807) is 30.5 Å². The van der Waals surface area contributed by atoms with Gasteiger partial charge in [0.25, 0.3) is 0 Å². The highest BCUT2D eigenvalue weighted by Gasteiger charge is 2.19. The number of halogens is 2. The van der Waals surface area contributed by atoms with Crippen LogP contribution < -0.4 is 15.8 Å². The maximum absolute atomic E-state index is 9.59. The Labute approximate surface area is 200 Å². The number of ether oxygens (including phenoxy) is 2. The van der Waals surface area contributed by atoms with Crippen LogP contribution in [0.15, 0.2) is 42.9 Å². The number of nitrogens with one attached hydrogen (secondary N) is 2. The molecule has 0 aliphatic carbocycles. The SMILES string of the molecule is N#Cc1cc(C(=N)c2cc(OCc3c(Cl)cncc3Cl)ccc2N)cnc1NC1CCOC1. The van der Waals surface area contributed by atoms with Crippen LogP contribution in [-0.4, -0.2) is 34.9 Å². The molecule has 0 saturated carbocycles. The zero-order valence-corrected chi connectivity index (χ0v) is 19.0. The molecule has 1 aliphatic heterocycles. The molecule has 3 aromatic rings. The predicted octanol–water partition coefficient (Wildman–Crippen LogP) is 4.43. The normalized spacial score (nSPS) is 15.1. The quantitative estimate of drug-likeness (QED) is 0.335. The van der Waals surface area contributed by atoms with Gasteiger partial charge in [0.05, 0.1) is 34.0 Å². The number of nitriles is 1. The third-order valence-corrected chi connectivity index (χ3v) is 5.85. The summed E-state index contributed by atoms with van der Waals surface area (Å²) in [5.41, 5.74) is 8.53. The summed E-state index contributed by atoms with van der Waals surface area (Å²) in [6.45, 7) is 1.38. The average Bonchev–Trinajstić information content (AvgIpc) is 3.32. The minimum atomic E-state index is 0.113. The number of nitrogens with two attached hydrogens (primary N) is 1. The highest BCUT2D eigenvalue weighted by Crippen LogP contribution is 2.28.